The maximum absolute atomic E-state index is 10.5. The summed E-state index contributed by atoms with van der Waals surface area (Å²) in [4.78, 5) is 13.2. The molecule has 3 aromatic carbocycles. The fourth-order valence-electron chi connectivity index (χ4n) is 3.60. The van der Waals surface area contributed by atoms with Gasteiger partial charge < -0.3 is 20.8 Å². The maximum Gasteiger partial charge on any atom is 0.232 e. The predicted octanol–water partition coefficient (Wildman–Crippen LogP) is 5.71. The standard InChI is InChI=1S/C26H27N5O2/c1-16-14-18(10-12-22(16)32)26(3,4)19-11-13-23(33)21(15-19)30-25-28-17(2)27-24(31-25)29-20-8-6-5-7-9-20/h5-15,32-33H,1-4H3,(H2,27,28,29,30,31). The largest absolute Gasteiger partial charge is 0.508 e. The molecule has 33 heavy (non-hydrogen) atoms. The Kier molecular flexibility index (Phi) is 5.87. The lowest BCUT2D eigenvalue weighted by Crippen LogP contribution is -2.19. The average molecular weight is 442 g/mol. The number of para-hydroxylation sites is 1. The van der Waals surface area contributed by atoms with Crippen molar-refractivity contribution >= 4 is 23.3 Å². The van der Waals surface area contributed by atoms with Gasteiger partial charge in [0.05, 0.1) is 5.69 Å². The summed E-state index contributed by atoms with van der Waals surface area (Å²) < 4.78 is 0. The zero-order chi connectivity index (χ0) is 23.6. The summed E-state index contributed by atoms with van der Waals surface area (Å²) in [5.74, 6) is 1.64. The molecule has 0 aliphatic carbocycles. The van der Waals surface area contributed by atoms with Crippen molar-refractivity contribution in [3.8, 4) is 11.5 Å². The van der Waals surface area contributed by atoms with Gasteiger partial charge in [-0.15, -0.1) is 0 Å². The second-order valence-corrected chi connectivity index (χ2v) is 8.50. The van der Waals surface area contributed by atoms with Gasteiger partial charge in [0.2, 0.25) is 11.9 Å². The minimum absolute atomic E-state index is 0.0899. The summed E-state index contributed by atoms with van der Waals surface area (Å²) >= 11 is 0. The third kappa shape index (κ3) is 4.87. The predicted molar refractivity (Wildman–Crippen MR) is 131 cm³/mol. The van der Waals surface area contributed by atoms with Gasteiger partial charge in [0.15, 0.2) is 0 Å². The van der Waals surface area contributed by atoms with Crippen molar-refractivity contribution in [3.63, 3.8) is 0 Å². The number of phenols is 2. The lowest BCUT2D eigenvalue weighted by Gasteiger charge is -2.27. The molecule has 0 spiro atoms. The van der Waals surface area contributed by atoms with Crippen LogP contribution in [0.5, 0.6) is 11.5 Å². The van der Waals surface area contributed by atoms with Crippen molar-refractivity contribution in [1.82, 2.24) is 15.0 Å². The van der Waals surface area contributed by atoms with Gasteiger partial charge in [-0.05, 0) is 60.9 Å². The van der Waals surface area contributed by atoms with Crippen molar-refractivity contribution in [2.75, 3.05) is 10.6 Å². The van der Waals surface area contributed by atoms with Crippen molar-refractivity contribution in [3.05, 3.63) is 89.2 Å². The number of anilines is 4. The van der Waals surface area contributed by atoms with Crippen LogP contribution >= 0.6 is 0 Å². The molecular formula is C26H27N5O2. The van der Waals surface area contributed by atoms with Crippen LogP contribution in [0.1, 0.15) is 36.4 Å². The summed E-state index contributed by atoms with van der Waals surface area (Å²) in [6, 6.07) is 20.7. The van der Waals surface area contributed by atoms with Gasteiger partial charge in [-0.3, -0.25) is 0 Å². The molecule has 4 rings (SSSR count). The lowest BCUT2D eigenvalue weighted by molar-refractivity contribution is 0.470. The molecule has 0 amide bonds. The zero-order valence-electron chi connectivity index (χ0n) is 19.1. The molecule has 0 fully saturated rings. The van der Waals surface area contributed by atoms with E-state index < -0.39 is 0 Å². The van der Waals surface area contributed by atoms with E-state index in [4.69, 9.17) is 0 Å². The van der Waals surface area contributed by atoms with Crippen LogP contribution < -0.4 is 10.6 Å². The van der Waals surface area contributed by atoms with Gasteiger partial charge in [0.1, 0.15) is 17.3 Å². The second kappa shape index (κ2) is 8.78. The van der Waals surface area contributed by atoms with E-state index in [2.05, 4.69) is 39.4 Å². The third-order valence-electron chi connectivity index (χ3n) is 5.66. The Balaban J connectivity index is 1.64. The Hall–Kier alpha value is -4.13. The van der Waals surface area contributed by atoms with Crippen LogP contribution in [0.4, 0.5) is 23.3 Å². The molecule has 0 saturated carbocycles. The van der Waals surface area contributed by atoms with Crippen LogP contribution in [-0.2, 0) is 5.41 Å². The van der Waals surface area contributed by atoms with Gasteiger partial charge in [-0.2, -0.15) is 15.0 Å². The lowest BCUT2D eigenvalue weighted by atomic mass is 9.77. The number of rotatable bonds is 6. The van der Waals surface area contributed by atoms with Gasteiger partial charge in [0, 0.05) is 11.1 Å². The number of phenolic OH excluding ortho intramolecular Hbond substituents is 2. The molecule has 4 aromatic rings. The number of hydrogen-bond acceptors (Lipinski definition) is 7. The minimum atomic E-state index is -0.363. The number of nitrogens with zero attached hydrogens (tertiary/aromatic N) is 3. The fourth-order valence-corrected chi connectivity index (χ4v) is 3.60. The van der Waals surface area contributed by atoms with Gasteiger partial charge in [-0.1, -0.05) is 50.2 Å². The first-order valence-corrected chi connectivity index (χ1v) is 10.7. The summed E-state index contributed by atoms with van der Waals surface area (Å²) in [5, 5.41) is 26.7. The average Bonchev–Trinajstić information content (AvgIpc) is 2.77. The Morgan fingerprint density at radius 1 is 0.697 bits per heavy atom. The van der Waals surface area contributed by atoms with E-state index in [1.54, 1.807) is 19.1 Å². The number of hydrogen-bond donors (Lipinski definition) is 4. The Morgan fingerprint density at radius 2 is 1.30 bits per heavy atom. The van der Waals surface area contributed by atoms with Gasteiger partial charge in [0.25, 0.3) is 0 Å². The molecule has 0 bridgehead atoms. The highest BCUT2D eigenvalue weighted by atomic mass is 16.3. The van der Waals surface area contributed by atoms with Crippen LogP contribution in [0.3, 0.4) is 0 Å². The molecule has 1 aromatic heterocycles. The summed E-state index contributed by atoms with van der Waals surface area (Å²) in [6.45, 7) is 7.87. The number of aromatic nitrogens is 3. The molecule has 0 unspecified atom stereocenters. The molecule has 168 valence electrons. The summed E-state index contributed by atoms with van der Waals surface area (Å²) in [5.41, 5.74) is 3.85. The third-order valence-corrected chi connectivity index (χ3v) is 5.66. The highest BCUT2D eigenvalue weighted by molar-refractivity contribution is 5.65. The smallest absolute Gasteiger partial charge is 0.232 e. The topological polar surface area (TPSA) is 103 Å². The second-order valence-electron chi connectivity index (χ2n) is 8.50. The molecule has 1 heterocycles. The molecule has 7 heteroatoms. The van der Waals surface area contributed by atoms with Crippen LogP contribution in [-0.4, -0.2) is 25.2 Å². The van der Waals surface area contributed by atoms with Crippen LogP contribution in [0.15, 0.2) is 66.7 Å². The first kappa shape index (κ1) is 22.1. The van der Waals surface area contributed by atoms with E-state index in [9.17, 15) is 10.2 Å². The minimum Gasteiger partial charge on any atom is -0.508 e. The normalized spacial score (nSPS) is 11.3. The number of nitrogens with one attached hydrogen (secondary N) is 2. The summed E-state index contributed by atoms with van der Waals surface area (Å²) in [6.07, 6.45) is 0. The van der Waals surface area contributed by atoms with Gasteiger partial charge >= 0.3 is 0 Å². The quantitative estimate of drug-likeness (QED) is 0.284. The molecule has 7 nitrogen and oxygen atoms in total. The monoisotopic (exact) mass is 441 g/mol. The van der Waals surface area contributed by atoms with Gasteiger partial charge in [-0.25, -0.2) is 0 Å². The van der Waals surface area contributed by atoms with E-state index in [-0.39, 0.29) is 16.9 Å². The number of aromatic hydroxyl groups is 2. The first-order chi connectivity index (χ1) is 15.7. The zero-order valence-corrected chi connectivity index (χ0v) is 19.1. The first-order valence-electron chi connectivity index (χ1n) is 10.7. The Labute approximate surface area is 193 Å². The molecule has 0 aliphatic rings. The molecule has 0 radical (unpaired) electrons. The Bertz CT molecular complexity index is 1290. The molecule has 4 N–H and O–H groups in total. The maximum atomic E-state index is 10.5. The highest BCUT2D eigenvalue weighted by Gasteiger charge is 2.25. The van der Waals surface area contributed by atoms with Crippen molar-refractivity contribution < 1.29 is 10.2 Å². The van der Waals surface area contributed by atoms with Crippen LogP contribution in [0.2, 0.25) is 0 Å². The molecular weight excluding hydrogens is 414 g/mol. The van der Waals surface area contributed by atoms with Crippen molar-refractivity contribution in [1.29, 1.82) is 0 Å². The number of benzene rings is 3. The van der Waals surface area contributed by atoms with E-state index in [1.165, 1.54) is 0 Å². The fraction of sp³-hybridized carbons (Fsp3) is 0.192. The summed E-state index contributed by atoms with van der Waals surface area (Å²) in [7, 11) is 0. The SMILES string of the molecule is Cc1nc(Nc2ccccc2)nc(Nc2cc(C(C)(C)c3ccc(O)c(C)c3)ccc2O)n1. The Morgan fingerprint density at radius 3 is 1.97 bits per heavy atom. The van der Waals surface area contributed by atoms with E-state index in [0.717, 1.165) is 22.4 Å². The number of aryl methyl sites for hydroxylation is 2. The highest BCUT2D eigenvalue weighted by Crippen LogP contribution is 2.37. The van der Waals surface area contributed by atoms with E-state index >= 15 is 0 Å². The molecule has 0 saturated heterocycles. The van der Waals surface area contributed by atoms with E-state index in [1.807, 2.05) is 61.5 Å². The van der Waals surface area contributed by atoms with Crippen LogP contribution in [0.25, 0.3) is 0 Å². The van der Waals surface area contributed by atoms with E-state index in [0.29, 0.717) is 23.4 Å². The molecule has 0 atom stereocenters. The van der Waals surface area contributed by atoms with Crippen LogP contribution in [0, 0.1) is 13.8 Å². The molecule has 0 aliphatic heterocycles. The van der Waals surface area contributed by atoms with Crippen molar-refractivity contribution in [2.24, 2.45) is 0 Å². The van der Waals surface area contributed by atoms with Crippen molar-refractivity contribution in [2.45, 2.75) is 33.1 Å².